The minimum absolute atomic E-state index is 0.0360. The Labute approximate surface area is 151 Å². The van der Waals surface area contributed by atoms with Gasteiger partial charge in [-0.3, -0.25) is 4.79 Å². The van der Waals surface area contributed by atoms with Crippen LogP contribution in [0.5, 0.6) is 0 Å². The van der Waals surface area contributed by atoms with Gasteiger partial charge < -0.3 is 4.74 Å². The number of benzene rings is 1. The first kappa shape index (κ1) is 17.9. The molecule has 1 aromatic rings. The Morgan fingerprint density at radius 3 is 2.58 bits per heavy atom. The molecule has 2 aliphatic carbocycles. The van der Waals surface area contributed by atoms with Gasteiger partial charge in [0, 0.05) is 10.5 Å². The largest absolute Gasteiger partial charge is 0.462 e. The summed E-state index contributed by atoms with van der Waals surface area (Å²) < 4.78 is 31.8. The van der Waals surface area contributed by atoms with E-state index in [1.165, 1.54) is 11.8 Å². The maximum absolute atomic E-state index is 12.3. The molecule has 2 saturated carbocycles. The second-order valence-corrected chi connectivity index (χ2v) is 9.50. The summed E-state index contributed by atoms with van der Waals surface area (Å²) in [5, 5.41) is 0. The molecule has 2 atom stereocenters. The van der Waals surface area contributed by atoms with Crippen molar-refractivity contribution in [1.82, 2.24) is 4.72 Å². The van der Waals surface area contributed by atoms with E-state index in [-0.39, 0.29) is 30.0 Å². The molecule has 0 unspecified atom stereocenters. The molecular weight excluding hydrogens is 394 g/mol. The number of halogens is 1. The van der Waals surface area contributed by atoms with Crippen molar-refractivity contribution in [2.45, 2.75) is 50.2 Å². The lowest BCUT2D eigenvalue weighted by Crippen LogP contribution is -2.39. The van der Waals surface area contributed by atoms with Gasteiger partial charge in [0.25, 0.3) is 0 Å². The zero-order valence-corrected chi connectivity index (χ0v) is 16.0. The molecule has 2 aliphatic rings. The van der Waals surface area contributed by atoms with Crippen molar-refractivity contribution in [2.75, 3.05) is 6.26 Å². The van der Waals surface area contributed by atoms with Gasteiger partial charge in [0.2, 0.25) is 10.0 Å². The van der Waals surface area contributed by atoms with E-state index in [9.17, 15) is 13.2 Å². The number of hydrogen-bond acceptors (Lipinski definition) is 4. The van der Waals surface area contributed by atoms with Crippen molar-refractivity contribution < 1.29 is 17.9 Å². The van der Waals surface area contributed by atoms with E-state index in [0.717, 1.165) is 10.9 Å². The normalized spacial score (nSPS) is 29.9. The SMILES string of the molecule is CS(=O)(=O)NC1CCC(OC(=O)[C@H]2C[C@H]2c2cccc(Br)c2)CC1. The minimum Gasteiger partial charge on any atom is -0.462 e. The summed E-state index contributed by atoms with van der Waals surface area (Å²) in [6.07, 6.45) is 4.80. The first-order valence-electron chi connectivity index (χ1n) is 8.25. The maximum atomic E-state index is 12.3. The van der Waals surface area contributed by atoms with E-state index in [2.05, 4.69) is 26.7 Å². The number of hydrogen-bond donors (Lipinski definition) is 1. The fourth-order valence-electron chi connectivity index (χ4n) is 3.41. The van der Waals surface area contributed by atoms with Crippen molar-refractivity contribution in [3.05, 3.63) is 34.3 Å². The molecule has 0 heterocycles. The number of sulfonamides is 1. The summed E-state index contributed by atoms with van der Waals surface area (Å²) in [6.45, 7) is 0. The predicted octanol–water partition coefficient (Wildman–Crippen LogP) is 2.96. The molecule has 3 rings (SSSR count). The zero-order valence-electron chi connectivity index (χ0n) is 13.6. The van der Waals surface area contributed by atoms with Crippen LogP contribution in [0.3, 0.4) is 0 Å². The maximum Gasteiger partial charge on any atom is 0.309 e. The van der Waals surface area contributed by atoms with Gasteiger partial charge in [0.05, 0.1) is 12.2 Å². The quantitative estimate of drug-likeness (QED) is 0.750. The zero-order chi connectivity index (χ0) is 17.3. The number of rotatable bonds is 5. The molecular formula is C17H22BrNO4S. The monoisotopic (exact) mass is 415 g/mol. The third kappa shape index (κ3) is 4.80. The first-order chi connectivity index (χ1) is 11.3. The van der Waals surface area contributed by atoms with Crippen LogP contribution >= 0.6 is 15.9 Å². The number of ether oxygens (including phenoxy) is 1. The van der Waals surface area contributed by atoms with Crippen LogP contribution in [0, 0.1) is 5.92 Å². The Balaban J connectivity index is 1.46. The molecule has 5 nitrogen and oxygen atoms in total. The van der Waals surface area contributed by atoms with Crippen molar-refractivity contribution >= 4 is 31.9 Å². The molecule has 1 aromatic carbocycles. The molecule has 1 N–H and O–H groups in total. The molecule has 0 bridgehead atoms. The number of carbonyl (C=O) groups is 1. The molecule has 0 aromatic heterocycles. The molecule has 24 heavy (non-hydrogen) atoms. The van der Waals surface area contributed by atoms with E-state index in [0.29, 0.717) is 25.7 Å². The highest BCUT2D eigenvalue weighted by Gasteiger charge is 2.46. The topological polar surface area (TPSA) is 72.5 Å². The van der Waals surface area contributed by atoms with Crippen LogP contribution < -0.4 is 4.72 Å². The summed E-state index contributed by atoms with van der Waals surface area (Å²) in [5.41, 5.74) is 1.17. The Morgan fingerprint density at radius 2 is 1.96 bits per heavy atom. The van der Waals surface area contributed by atoms with E-state index >= 15 is 0 Å². The highest BCUT2D eigenvalue weighted by Crippen LogP contribution is 2.48. The van der Waals surface area contributed by atoms with Gasteiger partial charge in [-0.25, -0.2) is 13.1 Å². The fraction of sp³-hybridized carbons (Fsp3) is 0.588. The summed E-state index contributed by atoms with van der Waals surface area (Å²) in [5.74, 6) is 0.115. The number of esters is 1. The van der Waals surface area contributed by atoms with E-state index in [1.807, 2.05) is 18.2 Å². The average molecular weight is 416 g/mol. The van der Waals surface area contributed by atoms with Crippen molar-refractivity contribution in [2.24, 2.45) is 5.92 Å². The highest BCUT2D eigenvalue weighted by atomic mass is 79.9. The first-order valence-corrected chi connectivity index (χ1v) is 10.9. The molecule has 0 radical (unpaired) electrons. The van der Waals surface area contributed by atoms with Crippen LogP contribution in [0.1, 0.15) is 43.6 Å². The predicted molar refractivity (Wildman–Crippen MR) is 95.1 cm³/mol. The third-order valence-electron chi connectivity index (χ3n) is 4.71. The molecule has 2 fully saturated rings. The van der Waals surface area contributed by atoms with Gasteiger partial charge in [0.15, 0.2) is 0 Å². The summed E-state index contributed by atoms with van der Waals surface area (Å²) in [6, 6.07) is 8.02. The summed E-state index contributed by atoms with van der Waals surface area (Å²) in [4.78, 5) is 12.3. The molecule has 0 spiro atoms. The molecule has 7 heteroatoms. The Morgan fingerprint density at radius 1 is 1.25 bits per heavy atom. The van der Waals surface area contributed by atoms with Gasteiger partial charge in [-0.05, 0) is 55.7 Å². The second kappa shape index (κ2) is 7.14. The smallest absolute Gasteiger partial charge is 0.309 e. The fourth-order valence-corrected chi connectivity index (χ4v) is 4.67. The van der Waals surface area contributed by atoms with Crippen molar-refractivity contribution in [3.63, 3.8) is 0 Å². The van der Waals surface area contributed by atoms with Crippen LogP contribution in [-0.2, 0) is 19.6 Å². The van der Waals surface area contributed by atoms with Crippen LogP contribution in [0.4, 0.5) is 0 Å². The highest BCUT2D eigenvalue weighted by molar-refractivity contribution is 9.10. The van der Waals surface area contributed by atoms with Gasteiger partial charge in [-0.15, -0.1) is 0 Å². The number of nitrogens with one attached hydrogen (secondary N) is 1. The van der Waals surface area contributed by atoms with Crippen LogP contribution in [0.2, 0.25) is 0 Å². The van der Waals surface area contributed by atoms with E-state index in [1.54, 1.807) is 0 Å². The standard InChI is InChI=1S/C17H22BrNO4S/c1-24(21,22)19-13-5-7-14(8-6-13)23-17(20)16-10-15(16)11-3-2-4-12(18)9-11/h2-4,9,13-16,19H,5-8,10H2,1H3/t13?,14?,15-,16-/m0/s1. The summed E-state index contributed by atoms with van der Waals surface area (Å²) in [7, 11) is -3.17. The molecule has 0 amide bonds. The Hall–Kier alpha value is -0.920. The third-order valence-corrected chi connectivity index (χ3v) is 5.96. The van der Waals surface area contributed by atoms with Gasteiger partial charge in [-0.1, -0.05) is 28.1 Å². The van der Waals surface area contributed by atoms with Crippen molar-refractivity contribution in [3.8, 4) is 0 Å². The van der Waals surface area contributed by atoms with Gasteiger partial charge in [0.1, 0.15) is 6.10 Å². The lowest BCUT2D eigenvalue weighted by atomic mass is 9.93. The minimum atomic E-state index is -3.17. The molecule has 132 valence electrons. The van der Waals surface area contributed by atoms with Gasteiger partial charge in [-0.2, -0.15) is 0 Å². The van der Waals surface area contributed by atoms with Crippen LogP contribution in [-0.4, -0.2) is 32.8 Å². The molecule has 0 saturated heterocycles. The van der Waals surface area contributed by atoms with Crippen LogP contribution in [0.15, 0.2) is 28.7 Å². The molecule has 0 aliphatic heterocycles. The van der Waals surface area contributed by atoms with E-state index in [4.69, 9.17) is 4.74 Å². The average Bonchev–Trinajstić information content (AvgIpc) is 3.28. The van der Waals surface area contributed by atoms with E-state index < -0.39 is 10.0 Å². The van der Waals surface area contributed by atoms with Crippen molar-refractivity contribution in [1.29, 1.82) is 0 Å². The number of carbonyl (C=O) groups excluding carboxylic acids is 1. The second-order valence-electron chi connectivity index (χ2n) is 6.80. The Kier molecular flexibility index (Phi) is 5.32. The Bertz CT molecular complexity index is 713. The lowest BCUT2D eigenvalue weighted by Gasteiger charge is -2.28. The van der Waals surface area contributed by atoms with Gasteiger partial charge >= 0.3 is 5.97 Å². The van der Waals surface area contributed by atoms with Crippen LogP contribution in [0.25, 0.3) is 0 Å². The lowest BCUT2D eigenvalue weighted by molar-refractivity contribution is -0.152. The summed E-state index contributed by atoms with van der Waals surface area (Å²) >= 11 is 3.46.